The largest absolute Gasteiger partial charge is 0.323 e. The van der Waals surface area contributed by atoms with Gasteiger partial charge < -0.3 is 15.5 Å². The van der Waals surface area contributed by atoms with E-state index in [4.69, 9.17) is 5.26 Å². The molecule has 0 radical (unpaired) electrons. The van der Waals surface area contributed by atoms with Crippen molar-refractivity contribution in [2.75, 3.05) is 25.5 Å². The first kappa shape index (κ1) is 13.4. The summed E-state index contributed by atoms with van der Waals surface area (Å²) in [6.45, 7) is 1.86. The molecule has 1 aromatic carbocycles. The molecule has 0 bridgehead atoms. The third-order valence-electron chi connectivity index (χ3n) is 3.38. The number of hydrogen-bond acceptors (Lipinski definition) is 3. The Balaban J connectivity index is 1.97. The van der Waals surface area contributed by atoms with Crippen LogP contribution in [0.1, 0.15) is 18.4 Å². The molecule has 1 aliphatic heterocycles. The predicted octanol–water partition coefficient (Wildman–Crippen LogP) is 1.77. The van der Waals surface area contributed by atoms with Gasteiger partial charge in [0.15, 0.2) is 0 Å². The van der Waals surface area contributed by atoms with Gasteiger partial charge in [0.1, 0.15) is 0 Å². The Kier molecular flexibility index (Phi) is 4.37. The summed E-state index contributed by atoms with van der Waals surface area (Å²) >= 11 is 0. The quantitative estimate of drug-likeness (QED) is 0.849. The molecule has 1 fully saturated rings. The van der Waals surface area contributed by atoms with Gasteiger partial charge in [-0.25, -0.2) is 4.79 Å². The molecule has 2 amide bonds. The minimum atomic E-state index is -0.135. The molecule has 1 aliphatic rings. The van der Waals surface area contributed by atoms with E-state index in [1.165, 1.54) is 0 Å². The van der Waals surface area contributed by atoms with Crippen LogP contribution in [0.15, 0.2) is 24.3 Å². The lowest BCUT2D eigenvalue weighted by Crippen LogP contribution is -2.48. The minimum Gasteiger partial charge on any atom is -0.323 e. The normalized spacial score (nSPS) is 18.4. The van der Waals surface area contributed by atoms with Crippen molar-refractivity contribution in [2.24, 2.45) is 0 Å². The van der Waals surface area contributed by atoms with Gasteiger partial charge >= 0.3 is 6.03 Å². The molecule has 0 aromatic heterocycles. The first-order chi connectivity index (χ1) is 9.20. The number of benzene rings is 1. The van der Waals surface area contributed by atoms with Gasteiger partial charge in [-0.1, -0.05) is 6.07 Å². The second-order valence-corrected chi connectivity index (χ2v) is 4.73. The summed E-state index contributed by atoms with van der Waals surface area (Å²) < 4.78 is 0. The predicted molar refractivity (Wildman–Crippen MR) is 73.8 cm³/mol. The van der Waals surface area contributed by atoms with Crippen LogP contribution in [0.25, 0.3) is 0 Å². The number of nitrogens with zero attached hydrogens (tertiary/aromatic N) is 2. The second kappa shape index (κ2) is 6.21. The number of amides is 2. The fraction of sp³-hybridized carbons (Fsp3) is 0.429. The monoisotopic (exact) mass is 258 g/mol. The van der Waals surface area contributed by atoms with Gasteiger partial charge in [0.25, 0.3) is 0 Å². The van der Waals surface area contributed by atoms with Gasteiger partial charge in [-0.15, -0.1) is 0 Å². The van der Waals surface area contributed by atoms with E-state index in [9.17, 15) is 4.79 Å². The molecule has 1 unspecified atom stereocenters. The van der Waals surface area contributed by atoms with Crippen molar-refractivity contribution in [2.45, 2.75) is 18.9 Å². The zero-order valence-corrected chi connectivity index (χ0v) is 11.0. The van der Waals surface area contributed by atoms with Crippen LogP contribution in [0.4, 0.5) is 10.5 Å². The van der Waals surface area contributed by atoms with E-state index in [-0.39, 0.29) is 12.1 Å². The number of carbonyl (C=O) groups is 1. The minimum absolute atomic E-state index is 0.135. The summed E-state index contributed by atoms with van der Waals surface area (Å²) in [5, 5.41) is 14.9. The van der Waals surface area contributed by atoms with Crippen LogP contribution < -0.4 is 10.6 Å². The Labute approximate surface area is 113 Å². The van der Waals surface area contributed by atoms with Gasteiger partial charge in [0.05, 0.1) is 11.6 Å². The average Bonchev–Trinajstić information content (AvgIpc) is 2.47. The number of rotatable bonds is 2. The smallest absolute Gasteiger partial charge is 0.321 e. The van der Waals surface area contributed by atoms with E-state index in [1.54, 1.807) is 36.2 Å². The number of likely N-dealkylation sites (N-methyl/N-ethyl adjacent to an activating group) is 1. The zero-order valence-electron chi connectivity index (χ0n) is 11.0. The number of nitriles is 1. The molecule has 2 N–H and O–H groups in total. The summed E-state index contributed by atoms with van der Waals surface area (Å²) in [5.74, 6) is 0. The molecular formula is C14H18N4O. The Morgan fingerprint density at radius 3 is 3.11 bits per heavy atom. The SMILES string of the molecule is CN(C(=O)Nc1cccc(C#N)c1)C1CCCNC1. The highest BCUT2D eigenvalue weighted by Gasteiger charge is 2.21. The first-order valence-electron chi connectivity index (χ1n) is 6.45. The Morgan fingerprint density at radius 1 is 1.58 bits per heavy atom. The van der Waals surface area contributed by atoms with E-state index in [2.05, 4.69) is 16.7 Å². The van der Waals surface area contributed by atoms with E-state index in [0.717, 1.165) is 25.9 Å². The highest BCUT2D eigenvalue weighted by Crippen LogP contribution is 2.13. The molecule has 1 aromatic rings. The van der Waals surface area contributed by atoms with Crippen molar-refractivity contribution in [3.05, 3.63) is 29.8 Å². The summed E-state index contributed by atoms with van der Waals surface area (Å²) in [7, 11) is 1.81. The maximum atomic E-state index is 12.1. The molecule has 0 aliphatic carbocycles. The van der Waals surface area contributed by atoms with Crippen LogP contribution in [0.5, 0.6) is 0 Å². The Morgan fingerprint density at radius 2 is 2.42 bits per heavy atom. The van der Waals surface area contributed by atoms with Gasteiger partial charge in [-0.2, -0.15) is 5.26 Å². The molecule has 5 nitrogen and oxygen atoms in total. The molecule has 0 saturated carbocycles. The lowest BCUT2D eigenvalue weighted by Gasteiger charge is -2.31. The third kappa shape index (κ3) is 3.46. The van der Waals surface area contributed by atoms with Gasteiger partial charge in [0.2, 0.25) is 0 Å². The van der Waals surface area contributed by atoms with E-state index >= 15 is 0 Å². The van der Waals surface area contributed by atoms with Crippen molar-refractivity contribution in [3.8, 4) is 6.07 Å². The molecule has 0 spiro atoms. The number of carbonyl (C=O) groups excluding carboxylic acids is 1. The van der Waals surface area contributed by atoms with Crippen LogP contribution in [0.2, 0.25) is 0 Å². The summed E-state index contributed by atoms with van der Waals surface area (Å²) in [6, 6.07) is 9.08. The summed E-state index contributed by atoms with van der Waals surface area (Å²) in [5.41, 5.74) is 1.19. The number of hydrogen-bond donors (Lipinski definition) is 2. The lowest BCUT2D eigenvalue weighted by molar-refractivity contribution is 0.191. The molecule has 2 rings (SSSR count). The molecule has 1 saturated heterocycles. The number of anilines is 1. The maximum absolute atomic E-state index is 12.1. The summed E-state index contributed by atoms with van der Waals surface area (Å²) in [6.07, 6.45) is 2.11. The van der Waals surface area contributed by atoms with Crippen LogP contribution in [0, 0.1) is 11.3 Å². The van der Waals surface area contributed by atoms with Crippen molar-refractivity contribution >= 4 is 11.7 Å². The molecular weight excluding hydrogens is 240 g/mol. The van der Waals surface area contributed by atoms with Gasteiger partial charge in [-0.3, -0.25) is 0 Å². The van der Waals surface area contributed by atoms with Crippen molar-refractivity contribution in [3.63, 3.8) is 0 Å². The molecule has 5 heteroatoms. The van der Waals surface area contributed by atoms with Crippen molar-refractivity contribution in [1.82, 2.24) is 10.2 Å². The number of nitrogens with one attached hydrogen (secondary N) is 2. The molecule has 100 valence electrons. The Hall–Kier alpha value is -2.06. The van der Waals surface area contributed by atoms with Crippen LogP contribution in [0.3, 0.4) is 0 Å². The second-order valence-electron chi connectivity index (χ2n) is 4.73. The first-order valence-corrected chi connectivity index (χ1v) is 6.45. The average molecular weight is 258 g/mol. The molecule has 1 heterocycles. The topological polar surface area (TPSA) is 68.2 Å². The number of piperidine rings is 1. The van der Waals surface area contributed by atoms with E-state index < -0.39 is 0 Å². The van der Waals surface area contributed by atoms with Crippen LogP contribution >= 0.6 is 0 Å². The molecule has 19 heavy (non-hydrogen) atoms. The van der Waals surface area contributed by atoms with Crippen molar-refractivity contribution < 1.29 is 4.79 Å². The fourth-order valence-corrected chi connectivity index (χ4v) is 2.21. The highest BCUT2D eigenvalue weighted by atomic mass is 16.2. The summed E-state index contributed by atoms with van der Waals surface area (Å²) in [4.78, 5) is 13.8. The van der Waals surface area contributed by atoms with Crippen LogP contribution in [-0.2, 0) is 0 Å². The maximum Gasteiger partial charge on any atom is 0.321 e. The lowest BCUT2D eigenvalue weighted by atomic mass is 10.1. The fourth-order valence-electron chi connectivity index (χ4n) is 2.21. The van der Waals surface area contributed by atoms with Crippen LogP contribution in [-0.4, -0.2) is 37.1 Å². The zero-order chi connectivity index (χ0) is 13.7. The Bertz CT molecular complexity index is 488. The van der Waals surface area contributed by atoms with E-state index in [0.29, 0.717) is 11.3 Å². The van der Waals surface area contributed by atoms with Gasteiger partial charge in [-0.05, 0) is 37.6 Å². The van der Waals surface area contributed by atoms with Gasteiger partial charge in [0, 0.05) is 25.3 Å². The molecule has 1 atom stereocenters. The number of urea groups is 1. The third-order valence-corrected chi connectivity index (χ3v) is 3.38. The highest BCUT2D eigenvalue weighted by molar-refractivity contribution is 5.89. The van der Waals surface area contributed by atoms with E-state index in [1.807, 2.05) is 0 Å². The van der Waals surface area contributed by atoms with Crippen molar-refractivity contribution in [1.29, 1.82) is 5.26 Å². The standard InChI is InChI=1S/C14H18N4O/c1-18(13-6-3-7-16-10-13)14(19)17-12-5-2-4-11(8-12)9-15/h2,4-5,8,13,16H,3,6-7,10H2,1H3,(H,17,19).